The summed E-state index contributed by atoms with van der Waals surface area (Å²) in [4.78, 5) is 25.8. The van der Waals surface area contributed by atoms with Gasteiger partial charge < -0.3 is 15.4 Å². The lowest BCUT2D eigenvalue weighted by molar-refractivity contribution is -0.121. The molecule has 0 spiro atoms. The van der Waals surface area contributed by atoms with Gasteiger partial charge in [0.05, 0.1) is 12.2 Å². The molecule has 36 heavy (non-hydrogen) atoms. The van der Waals surface area contributed by atoms with Crippen LogP contribution in [0.15, 0.2) is 54.9 Å². The first-order valence-electron chi connectivity index (χ1n) is 12.0. The lowest BCUT2D eigenvalue weighted by Gasteiger charge is -2.17. The predicted octanol–water partition coefficient (Wildman–Crippen LogP) is 2.63. The van der Waals surface area contributed by atoms with E-state index in [2.05, 4.69) is 33.6 Å². The van der Waals surface area contributed by atoms with E-state index in [1.54, 1.807) is 31.3 Å². The van der Waals surface area contributed by atoms with Crippen LogP contribution in [0.3, 0.4) is 0 Å². The average Bonchev–Trinajstić information content (AvgIpc) is 3.54. The maximum absolute atomic E-state index is 13.3. The molecule has 0 bridgehead atoms. The quantitative estimate of drug-likeness (QED) is 0.343. The number of ether oxygens (including phenoxy) is 1. The molecule has 1 aromatic heterocycles. The lowest BCUT2D eigenvalue weighted by Crippen LogP contribution is -2.40. The van der Waals surface area contributed by atoms with Gasteiger partial charge in [0.2, 0.25) is 0 Å². The first-order chi connectivity index (χ1) is 17.4. The number of aryl methyl sites for hydroxylation is 2. The summed E-state index contributed by atoms with van der Waals surface area (Å²) in [5.74, 6) is -0.256. The number of carbonyl (C=O) groups is 2. The summed E-state index contributed by atoms with van der Waals surface area (Å²) in [6, 6.07) is 11.3. The van der Waals surface area contributed by atoms with Crippen LogP contribution in [-0.4, -0.2) is 57.2 Å². The third kappa shape index (κ3) is 7.14. The highest BCUT2D eigenvalue weighted by molar-refractivity contribution is 7.81. The summed E-state index contributed by atoms with van der Waals surface area (Å²) in [5.41, 5.74) is 2.23. The largest absolute Gasteiger partial charge is 0.492 e. The van der Waals surface area contributed by atoms with E-state index in [9.17, 15) is 14.0 Å². The molecule has 3 aromatic rings. The Kier molecular flexibility index (Phi) is 8.71. The molecule has 0 radical (unpaired) electrons. The fraction of sp³-hybridized carbons (Fsp3) is 0.385. The number of ketones is 1. The molecule has 1 fully saturated rings. The van der Waals surface area contributed by atoms with Crippen LogP contribution in [0.1, 0.15) is 34.8 Å². The van der Waals surface area contributed by atoms with Crippen LogP contribution in [0.25, 0.3) is 0 Å². The highest BCUT2D eigenvalue weighted by atomic mass is 32.1. The standard InChI is InChI=1S/C26H30FN5O3S/c1-17(25(33)15-32-11-10-29-31-32)30-26(34)24-13-22(35-16-21-12-23(36)14-28-21)9-6-19(24)5-2-18-3-7-20(27)8-4-18/h3-4,6-11,13,17,21,23,28,36H,2,5,12,14-16H2,1H3,(H,30,34)/t17-,21-,23-/m0/s1. The number of nitrogens with one attached hydrogen (secondary N) is 2. The minimum absolute atomic E-state index is 0.0164. The van der Waals surface area contributed by atoms with E-state index < -0.39 is 6.04 Å². The zero-order valence-corrected chi connectivity index (χ0v) is 21.0. The van der Waals surface area contributed by atoms with Crippen molar-refractivity contribution in [3.05, 3.63) is 77.4 Å². The third-order valence-electron chi connectivity index (χ3n) is 6.19. The van der Waals surface area contributed by atoms with Crippen LogP contribution >= 0.6 is 12.6 Å². The third-order valence-corrected chi connectivity index (χ3v) is 6.59. The predicted molar refractivity (Wildman–Crippen MR) is 137 cm³/mol. The van der Waals surface area contributed by atoms with Crippen molar-refractivity contribution in [2.75, 3.05) is 13.2 Å². The van der Waals surface area contributed by atoms with Crippen molar-refractivity contribution >= 4 is 24.3 Å². The van der Waals surface area contributed by atoms with E-state index in [4.69, 9.17) is 4.74 Å². The number of hydrogen-bond donors (Lipinski definition) is 3. The van der Waals surface area contributed by atoms with E-state index in [-0.39, 0.29) is 30.1 Å². The Hall–Kier alpha value is -3.24. The molecule has 2 heterocycles. The second kappa shape index (κ2) is 12.1. The number of amides is 1. The second-order valence-corrected chi connectivity index (χ2v) is 9.74. The van der Waals surface area contributed by atoms with Crippen molar-refractivity contribution in [1.29, 1.82) is 0 Å². The van der Waals surface area contributed by atoms with E-state index in [1.165, 1.54) is 23.0 Å². The average molecular weight is 512 g/mol. The van der Waals surface area contributed by atoms with Gasteiger partial charge in [-0.25, -0.2) is 9.07 Å². The molecule has 1 amide bonds. The van der Waals surface area contributed by atoms with Gasteiger partial charge in [0.25, 0.3) is 5.91 Å². The molecule has 8 nitrogen and oxygen atoms in total. The molecule has 4 rings (SSSR count). The molecule has 190 valence electrons. The molecule has 3 atom stereocenters. The molecule has 2 aromatic carbocycles. The van der Waals surface area contributed by atoms with Crippen LogP contribution in [0.5, 0.6) is 5.75 Å². The molecule has 1 aliphatic rings. The zero-order chi connectivity index (χ0) is 25.5. The fourth-order valence-electron chi connectivity index (χ4n) is 4.09. The number of benzene rings is 2. The Labute approximate surface area is 215 Å². The highest BCUT2D eigenvalue weighted by Gasteiger charge is 2.23. The lowest BCUT2D eigenvalue weighted by atomic mass is 9.98. The summed E-state index contributed by atoms with van der Waals surface area (Å²) >= 11 is 4.50. The first-order valence-corrected chi connectivity index (χ1v) is 12.5. The minimum atomic E-state index is -0.716. The number of Topliss-reactive ketones (excluding diaryl/α,β-unsaturated/α-hetero) is 1. The van der Waals surface area contributed by atoms with Gasteiger partial charge in [-0.05, 0) is 61.6 Å². The van der Waals surface area contributed by atoms with Gasteiger partial charge in [0.15, 0.2) is 5.78 Å². The Balaban J connectivity index is 1.46. The number of nitrogens with zero attached hydrogens (tertiary/aromatic N) is 3. The van der Waals surface area contributed by atoms with Gasteiger partial charge in [-0.1, -0.05) is 23.4 Å². The van der Waals surface area contributed by atoms with Gasteiger partial charge in [-0.2, -0.15) is 12.6 Å². The summed E-state index contributed by atoms with van der Waals surface area (Å²) in [7, 11) is 0. The van der Waals surface area contributed by atoms with E-state index >= 15 is 0 Å². The molecule has 1 saturated heterocycles. The molecule has 0 aliphatic carbocycles. The molecule has 2 N–H and O–H groups in total. The smallest absolute Gasteiger partial charge is 0.252 e. The summed E-state index contributed by atoms with van der Waals surface area (Å²) in [6.45, 7) is 2.98. The number of halogens is 1. The summed E-state index contributed by atoms with van der Waals surface area (Å²) in [5, 5.41) is 14.0. The van der Waals surface area contributed by atoms with E-state index in [0.29, 0.717) is 36.0 Å². The normalized spacial score (nSPS) is 18.1. The van der Waals surface area contributed by atoms with Crippen molar-refractivity contribution < 1.29 is 18.7 Å². The first kappa shape index (κ1) is 25.8. The number of carbonyl (C=O) groups excluding carboxylic acids is 2. The van der Waals surface area contributed by atoms with Crippen LogP contribution in [0.2, 0.25) is 0 Å². The van der Waals surface area contributed by atoms with E-state index in [0.717, 1.165) is 24.1 Å². The fourth-order valence-corrected chi connectivity index (χ4v) is 4.45. The van der Waals surface area contributed by atoms with Gasteiger partial charge in [-0.3, -0.25) is 9.59 Å². The number of thiol groups is 1. The molecular formula is C26H30FN5O3S. The number of rotatable bonds is 11. The van der Waals surface area contributed by atoms with Crippen LogP contribution in [0.4, 0.5) is 4.39 Å². The van der Waals surface area contributed by atoms with Gasteiger partial charge >= 0.3 is 0 Å². The van der Waals surface area contributed by atoms with Gasteiger partial charge in [0.1, 0.15) is 24.7 Å². The second-order valence-electron chi connectivity index (χ2n) is 9.01. The van der Waals surface area contributed by atoms with Crippen LogP contribution in [0, 0.1) is 5.82 Å². The summed E-state index contributed by atoms with van der Waals surface area (Å²) in [6.07, 6.45) is 5.21. The highest BCUT2D eigenvalue weighted by Crippen LogP contribution is 2.22. The Bertz CT molecular complexity index is 1170. The maximum Gasteiger partial charge on any atom is 0.252 e. The number of aromatic nitrogens is 3. The molecule has 0 unspecified atom stereocenters. The summed E-state index contributed by atoms with van der Waals surface area (Å²) < 4.78 is 20.7. The maximum atomic E-state index is 13.3. The van der Waals surface area contributed by atoms with Crippen LogP contribution < -0.4 is 15.4 Å². The Morgan fingerprint density at radius 3 is 2.75 bits per heavy atom. The molecule has 10 heteroatoms. The van der Waals surface area contributed by atoms with Crippen molar-refractivity contribution in [2.24, 2.45) is 0 Å². The van der Waals surface area contributed by atoms with Crippen molar-refractivity contribution in [3.8, 4) is 5.75 Å². The van der Waals surface area contributed by atoms with Crippen LogP contribution in [-0.2, 0) is 24.2 Å². The van der Waals surface area contributed by atoms with Crippen molar-refractivity contribution in [3.63, 3.8) is 0 Å². The molecule has 1 aliphatic heterocycles. The zero-order valence-electron chi connectivity index (χ0n) is 20.1. The van der Waals surface area contributed by atoms with Gasteiger partial charge in [-0.15, -0.1) is 5.10 Å². The number of hydrogen-bond acceptors (Lipinski definition) is 7. The molecule has 0 saturated carbocycles. The minimum Gasteiger partial charge on any atom is -0.492 e. The van der Waals surface area contributed by atoms with Gasteiger partial charge in [0, 0.05) is 29.6 Å². The van der Waals surface area contributed by atoms with E-state index in [1.807, 2.05) is 12.1 Å². The topological polar surface area (TPSA) is 98.1 Å². The SMILES string of the molecule is C[C@H](NC(=O)c1cc(OC[C@@H]2C[C@H](S)CN2)ccc1CCc1ccc(F)cc1)C(=O)Cn1ccnn1. The monoisotopic (exact) mass is 511 g/mol. The Morgan fingerprint density at radius 1 is 1.25 bits per heavy atom. The van der Waals surface area contributed by atoms with Crippen molar-refractivity contribution in [2.45, 2.75) is 50.1 Å². The Morgan fingerprint density at radius 2 is 2.06 bits per heavy atom. The molecular weight excluding hydrogens is 481 g/mol. The van der Waals surface area contributed by atoms with Crippen molar-refractivity contribution in [1.82, 2.24) is 25.6 Å².